The van der Waals surface area contributed by atoms with E-state index in [9.17, 15) is 14.7 Å². The summed E-state index contributed by atoms with van der Waals surface area (Å²) in [5, 5.41) is 13.6. The number of ketones is 1. The summed E-state index contributed by atoms with van der Waals surface area (Å²) >= 11 is 1.60. The van der Waals surface area contributed by atoms with Crippen molar-refractivity contribution in [1.29, 1.82) is 0 Å². The van der Waals surface area contributed by atoms with E-state index in [2.05, 4.69) is 0 Å². The van der Waals surface area contributed by atoms with Crippen LogP contribution in [-0.2, 0) is 11.4 Å². The third-order valence-corrected chi connectivity index (χ3v) is 6.20. The molecule has 1 N–H and O–H groups in total. The number of Topliss-reactive ketones (excluding diaryl/α,β-unsaturated/α-hetero) is 1. The van der Waals surface area contributed by atoms with E-state index in [0.717, 1.165) is 16.7 Å². The number of ether oxygens (including phenoxy) is 2. The topological polar surface area (TPSA) is 72.8 Å². The molecule has 6 heteroatoms. The Balaban J connectivity index is 1.93. The first kappa shape index (κ1) is 23.5. The van der Waals surface area contributed by atoms with Crippen LogP contribution >= 0.6 is 11.3 Å². The standard InChI is InChI=1S/C26H28O5S/c1-4-20(26(28)29)13-24(22-8-6-5-7-17(22)2)31-25-14-21(9-10-23(25)18(3)27)30-15-19-11-12-32-16-19/h5-12,14,16,20,24H,4,13,15H2,1-3H3,(H,28,29). The molecule has 1 heterocycles. The summed E-state index contributed by atoms with van der Waals surface area (Å²) < 4.78 is 12.3. The summed E-state index contributed by atoms with van der Waals surface area (Å²) in [4.78, 5) is 24.0. The van der Waals surface area contributed by atoms with Gasteiger partial charge in [0.1, 0.15) is 24.2 Å². The van der Waals surface area contributed by atoms with Crippen molar-refractivity contribution in [1.82, 2.24) is 0 Å². The Morgan fingerprint density at radius 2 is 1.91 bits per heavy atom. The molecule has 0 aliphatic heterocycles. The van der Waals surface area contributed by atoms with Gasteiger partial charge in [0.25, 0.3) is 0 Å². The minimum Gasteiger partial charge on any atom is -0.489 e. The van der Waals surface area contributed by atoms with Gasteiger partial charge in [-0.15, -0.1) is 0 Å². The van der Waals surface area contributed by atoms with E-state index >= 15 is 0 Å². The van der Waals surface area contributed by atoms with Crippen LogP contribution in [0.2, 0.25) is 0 Å². The van der Waals surface area contributed by atoms with E-state index in [4.69, 9.17) is 9.47 Å². The third kappa shape index (κ3) is 5.98. The second-order valence-corrected chi connectivity index (χ2v) is 8.56. The molecule has 2 atom stereocenters. The number of hydrogen-bond donors (Lipinski definition) is 1. The number of carboxylic acids is 1. The van der Waals surface area contributed by atoms with Crippen LogP contribution in [-0.4, -0.2) is 16.9 Å². The van der Waals surface area contributed by atoms with Crippen molar-refractivity contribution >= 4 is 23.1 Å². The molecule has 0 aliphatic rings. The smallest absolute Gasteiger partial charge is 0.306 e. The van der Waals surface area contributed by atoms with Gasteiger partial charge < -0.3 is 14.6 Å². The SMILES string of the molecule is CCC(CC(Oc1cc(OCc2ccsc2)ccc1C(C)=O)c1ccccc1C)C(=O)O. The van der Waals surface area contributed by atoms with E-state index in [1.54, 1.807) is 29.5 Å². The summed E-state index contributed by atoms with van der Waals surface area (Å²) in [5.74, 6) is -0.551. The monoisotopic (exact) mass is 452 g/mol. The summed E-state index contributed by atoms with van der Waals surface area (Å²) in [7, 11) is 0. The van der Waals surface area contributed by atoms with Gasteiger partial charge in [-0.05, 0) is 65.9 Å². The first-order chi connectivity index (χ1) is 15.4. The summed E-state index contributed by atoms with van der Waals surface area (Å²) in [6.45, 7) is 5.73. The predicted octanol–water partition coefficient (Wildman–Crippen LogP) is 6.46. The second-order valence-electron chi connectivity index (χ2n) is 7.78. The molecule has 1 aromatic heterocycles. The largest absolute Gasteiger partial charge is 0.489 e. The molecule has 0 saturated carbocycles. The van der Waals surface area contributed by atoms with Gasteiger partial charge >= 0.3 is 5.97 Å². The number of carbonyl (C=O) groups excluding carboxylic acids is 1. The second kappa shape index (κ2) is 11.0. The molecule has 0 saturated heterocycles. The number of rotatable bonds is 11. The average Bonchev–Trinajstić information content (AvgIpc) is 3.29. The maximum atomic E-state index is 12.3. The molecule has 0 spiro atoms. The summed E-state index contributed by atoms with van der Waals surface area (Å²) in [5.41, 5.74) is 3.42. The van der Waals surface area contributed by atoms with E-state index in [0.29, 0.717) is 36.5 Å². The zero-order chi connectivity index (χ0) is 23.1. The van der Waals surface area contributed by atoms with Crippen LogP contribution in [0.15, 0.2) is 59.3 Å². The van der Waals surface area contributed by atoms with Crippen molar-refractivity contribution < 1.29 is 24.2 Å². The molecule has 0 bridgehead atoms. The van der Waals surface area contributed by atoms with Crippen LogP contribution in [0.3, 0.4) is 0 Å². The Hall–Kier alpha value is -3.12. The van der Waals surface area contributed by atoms with Crippen LogP contribution in [0, 0.1) is 12.8 Å². The highest BCUT2D eigenvalue weighted by Gasteiger charge is 2.26. The van der Waals surface area contributed by atoms with Gasteiger partial charge in [-0.3, -0.25) is 9.59 Å². The van der Waals surface area contributed by atoms with Crippen LogP contribution in [0.5, 0.6) is 11.5 Å². The van der Waals surface area contributed by atoms with E-state index in [-0.39, 0.29) is 5.78 Å². The van der Waals surface area contributed by atoms with Gasteiger partial charge in [0.15, 0.2) is 5.78 Å². The minimum absolute atomic E-state index is 0.127. The summed E-state index contributed by atoms with van der Waals surface area (Å²) in [6.07, 6.45) is 0.279. The molecule has 0 fully saturated rings. The summed E-state index contributed by atoms with van der Waals surface area (Å²) in [6, 6.07) is 14.9. The van der Waals surface area contributed by atoms with Crippen molar-refractivity contribution in [3.8, 4) is 11.5 Å². The first-order valence-corrected chi connectivity index (χ1v) is 11.6. The van der Waals surface area contributed by atoms with Crippen molar-refractivity contribution in [3.05, 3.63) is 81.5 Å². The van der Waals surface area contributed by atoms with Crippen LogP contribution in [0.1, 0.15) is 59.8 Å². The zero-order valence-electron chi connectivity index (χ0n) is 18.5. The molecule has 3 aromatic rings. The Morgan fingerprint density at radius 3 is 2.53 bits per heavy atom. The maximum Gasteiger partial charge on any atom is 0.306 e. The van der Waals surface area contributed by atoms with Crippen LogP contribution < -0.4 is 9.47 Å². The highest BCUT2D eigenvalue weighted by Crippen LogP contribution is 2.35. The fourth-order valence-electron chi connectivity index (χ4n) is 3.56. The highest BCUT2D eigenvalue weighted by molar-refractivity contribution is 7.07. The number of carboxylic acid groups (broad SMARTS) is 1. The fourth-order valence-corrected chi connectivity index (χ4v) is 4.22. The zero-order valence-corrected chi connectivity index (χ0v) is 19.4. The van der Waals surface area contributed by atoms with Crippen molar-refractivity contribution in [2.45, 2.75) is 46.3 Å². The van der Waals surface area contributed by atoms with Gasteiger partial charge in [-0.1, -0.05) is 31.2 Å². The van der Waals surface area contributed by atoms with E-state index in [1.807, 2.05) is 54.9 Å². The molecule has 168 valence electrons. The minimum atomic E-state index is -0.852. The number of hydrogen-bond acceptors (Lipinski definition) is 5. The number of carbonyl (C=O) groups is 2. The molecular formula is C26H28O5S. The molecule has 3 rings (SSSR count). The van der Waals surface area contributed by atoms with Gasteiger partial charge in [-0.25, -0.2) is 0 Å². The van der Waals surface area contributed by atoms with Crippen LogP contribution in [0.25, 0.3) is 0 Å². The molecule has 2 aromatic carbocycles. The first-order valence-electron chi connectivity index (χ1n) is 10.6. The molecular weight excluding hydrogens is 424 g/mol. The number of aryl methyl sites for hydroxylation is 1. The number of benzene rings is 2. The Morgan fingerprint density at radius 1 is 1.12 bits per heavy atom. The molecule has 0 radical (unpaired) electrons. The van der Waals surface area contributed by atoms with E-state index in [1.165, 1.54) is 6.92 Å². The van der Waals surface area contributed by atoms with Gasteiger partial charge in [0.05, 0.1) is 11.5 Å². The third-order valence-electron chi connectivity index (χ3n) is 5.46. The predicted molar refractivity (Wildman–Crippen MR) is 126 cm³/mol. The van der Waals surface area contributed by atoms with Crippen molar-refractivity contribution in [3.63, 3.8) is 0 Å². The Bertz CT molecular complexity index is 1060. The lowest BCUT2D eigenvalue weighted by Gasteiger charge is -2.25. The van der Waals surface area contributed by atoms with Crippen molar-refractivity contribution in [2.75, 3.05) is 0 Å². The maximum absolute atomic E-state index is 12.3. The quantitative estimate of drug-likeness (QED) is 0.338. The lowest BCUT2D eigenvalue weighted by Crippen LogP contribution is -2.20. The van der Waals surface area contributed by atoms with Crippen LogP contribution in [0.4, 0.5) is 0 Å². The van der Waals surface area contributed by atoms with Crippen molar-refractivity contribution in [2.24, 2.45) is 5.92 Å². The molecule has 32 heavy (non-hydrogen) atoms. The van der Waals surface area contributed by atoms with Gasteiger partial charge in [0, 0.05) is 12.5 Å². The average molecular weight is 453 g/mol. The normalized spacial score (nSPS) is 12.7. The number of thiophene rings is 1. The number of aliphatic carboxylic acids is 1. The lowest BCUT2D eigenvalue weighted by atomic mass is 9.92. The van der Waals surface area contributed by atoms with E-state index < -0.39 is 18.0 Å². The molecule has 0 aliphatic carbocycles. The molecule has 2 unspecified atom stereocenters. The molecule has 5 nitrogen and oxygen atoms in total. The highest BCUT2D eigenvalue weighted by atomic mass is 32.1. The lowest BCUT2D eigenvalue weighted by molar-refractivity contribution is -0.142. The molecule has 0 amide bonds. The van der Waals surface area contributed by atoms with Gasteiger partial charge in [0.2, 0.25) is 0 Å². The van der Waals surface area contributed by atoms with Gasteiger partial charge in [-0.2, -0.15) is 11.3 Å². The Kier molecular flexibility index (Phi) is 8.06. The Labute approximate surface area is 192 Å². The fraction of sp³-hybridized carbons (Fsp3) is 0.308.